The van der Waals surface area contributed by atoms with Crippen molar-refractivity contribution in [2.45, 2.75) is 6.54 Å². The molecular weight excluding hydrogens is 381 g/mol. The minimum atomic E-state index is 0.290. The summed E-state index contributed by atoms with van der Waals surface area (Å²) in [6.45, 7) is 1.02. The van der Waals surface area contributed by atoms with Crippen molar-refractivity contribution in [2.75, 3.05) is 13.2 Å². The second-order valence-electron chi connectivity index (χ2n) is 5.36. The van der Waals surface area contributed by atoms with Gasteiger partial charge in [-0.1, -0.05) is 65.1 Å². The van der Waals surface area contributed by atoms with Crippen molar-refractivity contribution in [3.63, 3.8) is 0 Å². The van der Waals surface area contributed by atoms with E-state index in [0.29, 0.717) is 34.0 Å². The maximum absolute atomic E-state index is 6.09. The molecule has 0 aliphatic carbocycles. The quantitative estimate of drug-likeness (QED) is 0.542. The van der Waals surface area contributed by atoms with Crippen LogP contribution in [0.15, 0.2) is 48.5 Å². The zero-order valence-corrected chi connectivity index (χ0v) is 15.5. The molecule has 0 aliphatic heterocycles. The molecule has 3 aromatic carbocycles. The summed E-state index contributed by atoms with van der Waals surface area (Å²) in [7, 11) is 0. The van der Waals surface area contributed by atoms with Crippen LogP contribution in [0.3, 0.4) is 0 Å². The van der Waals surface area contributed by atoms with Gasteiger partial charge in [0.05, 0.1) is 10.0 Å². The van der Waals surface area contributed by atoms with E-state index >= 15 is 0 Å². The molecule has 25 heavy (non-hydrogen) atoms. The fraction of sp³-hybridized carbons (Fsp3) is 0.158. The Bertz CT molecular complexity index is 876. The molecule has 0 spiro atoms. The van der Waals surface area contributed by atoms with Crippen LogP contribution in [0.1, 0.15) is 5.56 Å². The monoisotopic (exact) mass is 395 g/mol. The van der Waals surface area contributed by atoms with Gasteiger partial charge in [0.2, 0.25) is 0 Å². The lowest BCUT2D eigenvalue weighted by Gasteiger charge is -2.14. The molecule has 3 nitrogen and oxygen atoms in total. The molecule has 130 valence electrons. The van der Waals surface area contributed by atoms with E-state index in [-0.39, 0.29) is 6.61 Å². The third kappa shape index (κ3) is 4.13. The van der Waals surface area contributed by atoms with Crippen LogP contribution in [0, 0.1) is 0 Å². The van der Waals surface area contributed by atoms with Gasteiger partial charge in [-0.05, 0) is 29.0 Å². The van der Waals surface area contributed by atoms with Crippen LogP contribution in [0.2, 0.25) is 15.1 Å². The topological polar surface area (TPSA) is 44.5 Å². The smallest absolute Gasteiger partial charge is 0.156 e. The van der Waals surface area contributed by atoms with Crippen LogP contribution < -0.4 is 15.2 Å². The van der Waals surface area contributed by atoms with E-state index in [9.17, 15) is 0 Å². The normalized spacial score (nSPS) is 10.9. The van der Waals surface area contributed by atoms with Crippen molar-refractivity contribution in [3.05, 3.63) is 69.2 Å². The van der Waals surface area contributed by atoms with E-state index in [4.69, 9.17) is 50.0 Å². The van der Waals surface area contributed by atoms with Crippen molar-refractivity contribution < 1.29 is 9.47 Å². The molecule has 0 aromatic heterocycles. The summed E-state index contributed by atoms with van der Waals surface area (Å²) in [5.41, 5.74) is 6.88. The van der Waals surface area contributed by atoms with Crippen molar-refractivity contribution in [1.29, 1.82) is 0 Å². The van der Waals surface area contributed by atoms with Gasteiger partial charge >= 0.3 is 0 Å². The maximum atomic E-state index is 6.09. The Morgan fingerprint density at radius 2 is 1.52 bits per heavy atom. The number of rotatable bonds is 6. The van der Waals surface area contributed by atoms with Gasteiger partial charge in [0, 0.05) is 17.1 Å². The molecule has 0 atom stereocenters. The van der Waals surface area contributed by atoms with Gasteiger partial charge in [0.25, 0.3) is 0 Å². The largest absolute Gasteiger partial charge is 0.490 e. The van der Waals surface area contributed by atoms with Crippen LogP contribution in [0.5, 0.6) is 11.5 Å². The second kappa shape index (κ2) is 8.15. The minimum absolute atomic E-state index is 0.290. The lowest BCUT2D eigenvalue weighted by Crippen LogP contribution is -2.11. The van der Waals surface area contributed by atoms with E-state index in [1.807, 2.05) is 36.4 Å². The molecule has 0 saturated carbocycles. The summed E-state index contributed by atoms with van der Waals surface area (Å²) >= 11 is 18.1. The first-order valence-electron chi connectivity index (χ1n) is 7.71. The van der Waals surface area contributed by atoms with Gasteiger partial charge in [-0.3, -0.25) is 0 Å². The maximum Gasteiger partial charge on any atom is 0.156 e. The molecule has 0 amide bonds. The van der Waals surface area contributed by atoms with E-state index in [0.717, 1.165) is 22.1 Å². The number of ether oxygens (including phenoxy) is 2. The first-order chi connectivity index (χ1) is 12.1. The molecular formula is C19H16Cl3NO2. The second-order valence-corrected chi connectivity index (χ2v) is 6.61. The number of fused-ring (bicyclic) bond motifs is 1. The highest BCUT2D eigenvalue weighted by Gasteiger charge is 2.10. The Hall–Kier alpha value is -1.65. The van der Waals surface area contributed by atoms with Gasteiger partial charge in [0.1, 0.15) is 19.0 Å². The molecule has 0 bridgehead atoms. The predicted molar refractivity (Wildman–Crippen MR) is 104 cm³/mol. The average Bonchev–Trinajstić information content (AvgIpc) is 2.59. The SMILES string of the molecule is NCc1c(OCCOc2c(Cl)cc(Cl)cc2Cl)ccc2ccccc12. The fourth-order valence-electron chi connectivity index (χ4n) is 2.62. The first-order valence-corrected chi connectivity index (χ1v) is 8.84. The van der Waals surface area contributed by atoms with Gasteiger partial charge in [-0.2, -0.15) is 0 Å². The van der Waals surface area contributed by atoms with Crippen LogP contribution in [-0.4, -0.2) is 13.2 Å². The van der Waals surface area contributed by atoms with Crippen molar-refractivity contribution in [2.24, 2.45) is 5.73 Å². The lowest BCUT2D eigenvalue weighted by atomic mass is 10.0. The zero-order chi connectivity index (χ0) is 17.8. The highest BCUT2D eigenvalue weighted by molar-refractivity contribution is 6.40. The summed E-state index contributed by atoms with van der Waals surface area (Å²) in [5.74, 6) is 1.15. The predicted octanol–water partition coefficient (Wildman–Crippen LogP) is 5.72. The highest BCUT2D eigenvalue weighted by Crippen LogP contribution is 2.35. The Labute approximate surface area is 161 Å². The summed E-state index contributed by atoms with van der Waals surface area (Å²) in [4.78, 5) is 0. The molecule has 0 fully saturated rings. The Morgan fingerprint density at radius 3 is 2.24 bits per heavy atom. The standard InChI is InChI=1S/C19H16Cl3NO2/c20-13-9-16(21)19(17(22)10-13)25-8-7-24-18-6-5-12-3-1-2-4-14(12)15(18)11-23/h1-6,9-10H,7-8,11,23H2. The first kappa shape index (κ1) is 18.2. The van der Waals surface area contributed by atoms with E-state index in [1.54, 1.807) is 12.1 Å². The molecule has 3 aromatic rings. The molecule has 0 heterocycles. The molecule has 0 aliphatic rings. The van der Waals surface area contributed by atoms with Gasteiger partial charge in [0.15, 0.2) is 5.75 Å². The number of hydrogen-bond donors (Lipinski definition) is 1. The fourth-order valence-corrected chi connectivity index (χ4v) is 3.55. The molecule has 3 rings (SSSR count). The minimum Gasteiger partial charge on any atom is -0.490 e. The molecule has 2 N–H and O–H groups in total. The number of hydrogen-bond acceptors (Lipinski definition) is 3. The molecule has 0 saturated heterocycles. The summed E-state index contributed by atoms with van der Waals surface area (Å²) < 4.78 is 11.5. The van der Waals surface area contributed by atoms with Gasteiger partial charge < -0.3 is 15.2 Å². The van der Waals surface area contributed by atoms with Crippen molar-refractivity contribution in [3.8, 4) is 11.5 Å². The third-order valence-corrected chi connectivity index (χ3v) is 4.53. The molecule has 0 unspecified atom stereocenters. The number of nitrogens with two attached hydrogens (primary N) is 1. The van der Waals surface area contributed by atoms with E-state index < -0.39 is 0 Å². The zero-order valence-electron chi connectivity index (χ0n) is 13.3. The average molecular weight is 397 g/mol. The highest BCUT2D eigenvalue weighted by atomic mass is 35.5. The van der Waals surface area contributed by atoms with Crippen molar-refractivity contribution >= 4 is 45.6 Å². The van der Waals surface area contributed by atoms with Gasteiger partial charge in [-0.25, -0.2) is 0 Å². The molecule has 0 radical (unpaired) electrons. The van der Waals surface area contributed by atoms with Crippen molar-refractivity contribution in [1.82, 2.24) is 0 Å². The van der Waals surface area contributed by atoms with E-state index in [2.05, 4.69) is 0 Å². The Morgan fingerprint density at radius 1 is 0.840 bits per heavy atom. The molecule has 6 heteroatoms. The van der Waals surface area contributed by atoms with Crippen LogP contribution in [-0.2, 0) is 6.54 Å². The lowest BCUT2D eigenvalue weighted by molar-refractivity contribution is 0.216. The van der Waals surface area contributed by atoms with Gasteiger partial charge in [-0.15, -0.1) is 0 Å². The van der Waals surface area contributed by atoms with Crippen LogP contribution in [0.4, 0.5) is 0 Å². The van der Waals surface area contributed by atoms with Crippen LogP contribution in [0.25, 0.3) is 10.8 Å². The summed E-state index contributed by atoms with van der Waals surface area (Å²) in [6, 6.07) is 15.2. The summed E-state index contributed by atoms with van der Waals surface area (Å²) in [6.07, 6.45) is 0. The van der Waals surface area contributed by atoms with Crippen LogP contribution >= 0.6 is 34.8 Å². The Balaban J connectivity index is 1.68. The Kier molecular flexibility index (Phi) is 5.92. The number of benzene rings is 3. The summed E-state index contributed by atoms with van der Waals surface area (Å²) in [5, 5.41) is 3.41. The van der Waals surface area contributed by atoms with E-state index in [1.165, 1.54) is 0 Å². The number of halogens is 3. The third-order valence-electron chi connectivity index (χ3n) is 3.75.